The predicted molar refractivity (Wildman–Crippen MR) is 531 cm³/mol. The zero-order valence-corrected chi connectivity index (χ0v) is 81.4. The van der Waals surface area contributed by atoms with Crippen molar-refractivity contribution in [1.29, 1.82) is 0 Å². The van der Waals surface area contributed by atoms with Crippen molar-refractivity contribution in [1.82, 2.24) is 86.0 Å². The Morgan fingerprint density at radius 1 is 0.408 bits per heavy atom. The van der Waals surface area contributed by atoms with E-state index in [1.165, 1.54) is 35.5 Å². The number of rotatable bonds is 20. The van der Waals surface area contributed by atoms with E-state index in [0.717, 1.165) is 109 Å². The summed E-state index contributed by atoms with van der Waals surface area (Å²) in [5.74, 6) is 21.2. The topological polar surface area (TPSA) is 459 Å². The first-order valence-electron chi connectivity index (χ1n) is 47.6. The van der Waals surface area contributed by atoms with Gasteiger partial charge in [0.05, 0.1) is 84.4 Å². The fraction of sp³-hybridized carbons (Fsp3) is 0.309. The summed E-state index contributed by atoms with van der Waals surface area (Å²) in [6.45, 7) is 7.63. The van der Waals surface area contributed by atoms with E-state index in [0.29, 0.717) is 106 Å². The first-order chi connectivity index (χ1) is 71.0. The number of nitrogens with zero attached hydrogens (tertiary/aromatic N) is 11. The molecular weight excluding hydrogens is 1880 g/mol. The van der Waals surface area contributed by atoms with Crippen molar-refractivity contribution in [3.63, 3.8) is 0 Å². The smallest absolute Gasteiger partial charge is 0.327 e. The molecule has 10 aromatic rings. The molecule has 10 aliphatic heterocycles. The van der Waals surface area contributed by atoms with Gasteiger partial charge in [0.1, 0.15) is 56.7 Å². The van der Waals surface area contributed by atoms with Crippen LogP contribution < -0.4 is 56.6 Å². The van der Waals surface area contributed by atoms with Crippen molar-refractivity contribution in [3.05, 3.63) is 273 Å². The molecule has 748 valence electrons. The van der Waals surface area contributed by atoms with Crippen LogP contribution in [0.2, 0.25) is 0 Å². The van der Waals surface area contributed by atoms with Crippen molar-refractivity contribution in [3.8, 4) is 92.9 Å². The predicted octanol–water partition coefficient (Wildman–Crippen LogP) is 5.53. The van der Waals surface area contributed by atoms with Crippen molar-refractivity contribution in [2.45, 2.75) is 76.8 Å². The van der Waals surface area contributed by atoms with Crippen LogP contribution in [-0.4, -0.2) is 251 Å². The molecule has 4 aromatic heterocycles. The highest BCUT2D eigenvalue weighted by Gasteiger charge is 2.53. The van der Waals surface area contributed by atoms with Gasteiger partial charge in [-0.05, 0) is 169 Å². The molecule has 13 amide bonds. The number of benzene rings is 6. The number of ether oxygens (including phenoxy) is 5. The maximum atomic E-state index is 13.2. The molecule has 0 radical (unpaired) electrons. The lowest BCUT2D eigenvalue weighted by molar-refractivity contribution is -0.147. The Hall–Kier alpha value is -17.4. The number of primary amides is 1. The van der Waals surface area contributed by atoms with Crippen molar-refractivity contribution >= 4 is 82.8 Å². The highest BCUT2D eigenvalue weighted by Crippen LogP contribution is 2.41. The number of methoxy groups -OCH3 is 5. The van der Waals surface area contributed by atoms with Gasteiger partial charge in [0.25, 0.3) is 23.6 Å². The summed E-state index contributed by atoms with van der Waals surface area (Å²) in [5.41, 5.74) is 12.8. The highest BCUT2D eigenvalue weighted by molar-refractivity contribution is 6.12. The number of nitrogens with one attached hydrogen (secondary N) is 6. The number of pyridine rings is 3. The van der Waals surface area contributed by atoms with Gasteiger partial charge >= 0.3 is 5.97 Å². The minimum atomic E-state index is -1.37. The number of aromatic nitrogens is 5. The Bertz CT molecular complexity index is 7220. The lowest BCUT2D eigenvalue weighted by Gasteiger charge is -2.28. The van der Waals surface area contributed by atoms with Gasteiger partial charge < -0.3 is 59.7 Å². The van der Waals surface area contributed by atoms with Crippen LogP contribution in [0.4, 0.5) is 0 Å². The number of carbonyl (C=O) groups excluding carboxylic acids is 14. The third kappa shape index (κ3) is 22.2. The average molecular weight is 1980 g/mol. The quantitative estimate of drug-likeness (QED) is 0.0280. The van der Waals surface area contributed by atoms with E-state index in [2.05, 4.69) is 109 Å². The fourth-order valence-corrected chi connectivity index (χ4v) is 19.4. The number of imide groups is 4. The summed E-state index contributed by atoms with van der Waals surface area (Å²) in [6.07, 6.45) is 11.6. The van der Waals surface area contributed by atoms with Crippen LogP contribution in [0.25, 0.3) is 22.5 Å². The standard InChI is InChI=1S/C30H32N4O6.C29H31N5O5.C26H20N4O4.C25H21N5O4/c1-39-23-9-8-22-18-34(27(36)24(22)16-23)19-30(17-25(35)32-29(30)38)11-10-20-4-6-21(7-5-20)26(28(37)40-2)33-14-3-12-31-13-15-33;1-39-22-8-7-21-17-34(27(37)23(21)15-22)18-29(16-24(35)32-28(29)38)10-9-19-3-5-20(6-4-19)25(26(30)36)33-13-2-11-31-12-14-33;1-34-20-7-6-19-15-30(24(32)21(19)12-20)16-26(13-22(31)29-25(26)33)9-8-17-4-3-11-28-23(17)18-5-2-10-27-14-18;1-29-13-18(12-27-29)21-6-3-16(11-26-21)7-8-25(10-22(31)28-24(25)33)15-30-14-17-4-5-19(34-2)9-20(17)23(30)32/h4-9,16,26,31H,3,12-15,17-19H2,1-2H3,(H,32,35,38);3-8,15,25,31H,2,11-14,16-18H2,1H3,(H2,30,36)(H,32,35,38);2-7,10-12,14H,13,15-16H2,1H3,(H,29,31,33);3-6,9,11-13H,10,14-15H2,1-2H3,(H,28,31,33)/t26?,30-;25?,29-;26-;25-/m1111/s1. The van der Waals surface area contributed by atoms with Crippen LogP contribution >= 0.6 is 0 Å². The van der Waals surface area contributed by atoms with Gasteiger partial charge in [0, 0.05) is 180 Å². The first-order valence-corrected chi connectivity index (χ1v) is 47.6. The second-order valence-corrected chi connectivity index (χ2v) is 37.0. The van der Waals surface area contributed by atoms with E-state index in [4.69, 9.17) is 29.4 Å². The Morgan fingerprint density at radius 2 is 0.789 bits per heavy atom. The number of nitrogens with two attached hydrogens (primary N) is 1. The van der Waals surface area contributed by atoms with Crippen LogP contribution in [0.15, 0.2) is 195 Å². The van der Waals surface area contributed by atoms with Crippen LogP contribution in [0.1, 0.15) is 148 Å². The normalized spacial score (nSPS) is 20.5. The monoisotopic (exact) mass is 1980 g/mol. The van der Waals surface area contributed by atoms with Crippen LogP contribution in [0.5, 0.6) is 23.0 Å². The molecule has 37 heteroatoms. The fourth-order valence-electron chi connectivity index (χ4n) is 19.4. The SMILES string of the molecule is COC(=O)C(c1ccc(C#C[C@]2(CN3Cc4ccc(OC)cc4C3=O)CC(=O)NC2=O)cc1)N1CCCNCC1.COc1ccc2c(c1)C(=O)N(C[C@@]1(C#Cc3ccc(-c4cnn(C)c4)nc3)CC(=O)NC1=O)C2.COc1ccc2c(c1)C(=O)N(C[C@@]1(C#Cc3ccc(C(C(N)=O)N4CCCNCC4)cc3)CC(=O)NC1=O)C2.COc1ccc2c(c1)C(=O)N(C[C@@]1(C#Cc3cccnc3-c3cccnc3)CC(=O)NC1=O)C2. The van der Waals surface area contributed by atoms with Crippen molar-refractivity contribution < 1.29 is 90.8 Å². The molecule has 6 saturated heterocycles. The van der Waals surface area contributed by atoms with E-state index >= 15 is 0 Å². The van der Waals surface area contributed by atoms with Gasteiger partial charge in [-0.25, -0.2) is 4.79 Å². The number of hydrogen-bond donors (Lipinski definition) is 7. The van der Waals surface area contributed by atoms with Gasteiger partial charge in [-0.1, -0.05) is 95.9 Å². The number of hydrogen-bond acceptors (Lipinski definition) is 27. The Labute approximate surface area is 846 Å². The third-order valence-electron chi connectivity index (χ3n) is 27.1. The molecule has 14 heterocycles. The van der Waals surface area contributed by atoms with Crippen LogP contribution in [0.3, 0.4) is 0 Å². The molecule has 8 N–H and O–H groups in total. The largest absolute Gasteiger partial charge is 0.497 e. The van der Waals surface area contributed by atoms with Gasteiger partial charge in [0.15, 0.2) is 0 Å². The minimum Gasteiger partial charge on any atom is -0.497 e. The molecule has 147 heavy (non-hydrogen) atoms. The molecule has 0 spiro atoms. The number of aryl methyl sites for hydroxylation is 1. The van der Waals surface area contributed by atoms with Crippen molar-refractivity contribution in [2.24, 2.45) is 34.4 Å². The van der Waals surface area contributed by atoms with E-state index in [-0.39, 0.29) is 81.5 Å². The molecule has 6 fully saturated rings. The summed E-state index contributed by atoms with van der Waals surface area (Å²) in [4.78, 5) is 201. The van der Waals surface area contributed by atoms with E-state index < -0.39 is 86.9 Å². The molecule has 20 rings (SSSR count). The number of carbonyl (C=O) groups is 14. The highest BCUT2D eigenvalue weighted by atomic mass is 16.5. The average Bonchev–Trinajstić information content (AvgIpc) is 1.43. The number of fused-ring (bicyclic) bond motifs is 4. The maximum Gasteiger partial charge on any atom is 0.327 e. The van der Waals surface area contributed by atoms with Gasteiger partial charge in [-0.15, -0.1) is 0 Å². The Morgan fingerprint density at radius 3 is 1.14 bits per heavy atom. The molecular formula is C110H104N18O19. The zero-order chi connectivity index (χ0) is 103. The maximum absolute atomic E-state index is 13.2. The lowest BCUT2D eigenvalue weighted by Crippen LogP contribution is -2.42. The lowest BCUT2D eigenvalue weighted by atomic mass is 9.85. The Kier molecular flexibility index (Phi) is 30.2. The van der Waals surface area contributed by atoms with Crippen molar-refractivity contribution in [2.75, 3.05) is 114 Å². The number of esters is 1. The molecule has 0 bridgehead atoms. The molecule has 0 aliphatic carbocycles. The summed E-state index contributed by atoms with van der Waals surface area (Å²) >= 11 is 0. The molecule has 2 unspecified atom stereocenters. The molecule has 6 atom stereocenters. The van der Waals surface area contributed by atoms with Gasteiger partial charge in [0.2, 0.25) is 53.2 Å². The zero-order valence-electron chi connectivity index (χ0n) is 81.4. The summed E-state index contributed by atoms with van der Waals surface area (Å²) in [7, 11) is 9.36. The molecule has 37 nitrogen and oxygen atoms in total. The molecule has 6 aromatic carbocycles. The minimum absolute atomic E-state index is 0.00408. The first kappa shape index (κ1) is 101. The molecule has 10 aliphatic rings. The summed E-state index contributed by atoms with van der Waals surface area (Å²) < 4.78 is 27.7. The van der Waals surface area contributed by atoms with Crippen LogP contribution in [0, 0.1) is 69.0 Å². The van der Waals surface area contributed by atoms with Gasteiger partial charge in [-0.3, -0.25) is 113 Å². The number of amides is 13. The van der Waals surface area contributed by atoms with E-state index in [1.807, 2.05) is 73.9 Å². The van der Waals surface area contributed by atoms with Crippen LogP contribution in [-0.2, 0) is 85.9 Å². The Balaban J connectivity index is 0.000000134. The second kappa shape index (κ2) is 43.8. The third-order valence-corrected chi connectivity index (χ3v) is 27.1. The van der Waals surface area contributed by atoms with E-state index in [9.17, 15) is 67.1 Å². The summed E-state index contributed by atoms with van der Waals surface area (Å²) in [6, 6.07) is 45.4. The second-order valence-electron chi connectivity index (χ2n) is 37.0. The molecule has 0 saturated carbocycles. The summed E-state index contributed by atoms with van der Waals surface area (Å²) in [5, 5.41) is 20.2. The van der Waals surface area contributed by atoms with Gasteiger partial charge in [-0.2, -0.15) is 5.10 Å². The van der Waals surface area contributed by atoms with E-state index in [1.54, 1.807) is 152 Å².